The molecule has 17 heavy (non-hydrogen) atoms. The Balaban J connectivity index is 1.94. The summed E-state index contributed by atoms with van der Waals surface area (Å²) in [4.78, 5) is 2.43. The van der Waals surface area contributed by atoms with Gasteiger partial charge in [0.1, 0.15) is 0 Å². The number of fused-ring (bicyclic) bond motifs is 1. The lowest BCUT2D eigenvalue weighted by Gasteiger charge is -2.51. The lowest BCUT2D eigenvalue weighted by molar-refractivity contribution is -0.0403. The van der Waals surface area contributed by atoms with E-state index in [2.05, 4.69) is 30.0 Å². The predicted molar refractivity (Wildman–Crippen MR) is 70.5 cm³/mol. The van der Waals surface area contributed by atoms with Crippen LogP contribution < -0.4 is 4.90 Å². The van der Waals surface area contributed by atoms with Gasteiger partial charge >= 0.3 is 0 Å². The highest BCUT2D eigenvalue weighted by atomic mass is 16.3. The maximum Gasteiger partial charge on any atom is 0.0822 e. The number of nitrogens with zero attached hydrogens (tertiary/aromatic N) is 1. The Labute approximate surface area is 103 Å². The Bertz CT molecular complexity index is 439. The van der Waals surface area contributed by atoms with Crippen LogP contribution in [0.15, 0.2) is 18.2 Å². The van der Waals surface area contributed by atoms with Crippen LogP contribution in [0.25, 0.3) is 0 Å². The van der Waals surface area contributed by atoms with Crippen molar-refractivity contribution in [1.82, 2.24) is 0 Å². The molecule has 1 saturated carbocycles. The quantitative estimate of drug-likeness (QED) is 0.803. The van der Waals surface area contributed by atoms with E-state index in [4.69, 9.17) is 0 Å². The van der Waals surface area contributed by atoms with E-state index in [9.17, 15) is 5.11 Å². The Hall–Kier alpha value is -1.02. The summed E-state index contributed by atoms with van der Waals surface area (Å²) in [6.45, 7) is 5.22. The fraction of sp³-hybridized carbons (Fsp3) is 0.600. The Morgan fingerprint density at radius 2 is 2.24 bits per heavy atom. The summed E-state index contributed by atoms with van der Waals surface area (Å²) in [5.74, 6) is 0. The standard InChI is InChI=1S/C15H21NO/c1-11-5-6-13-12(10-11)4-3-9-16(13)14-7-8-15(14,2)17/h5-6,10,14,17H,3-4,7-9H2,1-2H3/t14-,15-/m0/s1. The third-order valence-electron chi connectivity index (χ3n) is 4.41. The van der Waals surface area contributed by atoms with Crippen LogP contribution >= 0.6 is 0 Å². The Morgan fingerprint density at radius 1 is 1.41 bits per heavy atom. The largest absolute Gasteiger partial charge is 0.388 e. The molecule has 2 nitrogen and oxygen atoms in total. The van der Waals surface area contributed by atoms with E-state index < -0.39 is 5.60 Å². The van der Waals surface area contributed by atoms with Crippen LogP contribution in [-0.2, 0) is 6.42 Å². The average Bonchev–Trinajstić information content (AvgIpc) is 2.27. The predicted octanol–water partition coefficient (Wildman–Crippen LogP) is 2.66. The molecular weight excluding hydrogens is 210 g/mol. The second-order valence-corrected chi connectivity index (χ2v) is 5.84. The molecule has 1 fully saturated rings. The lowest BCUT2D eigenvalue weighted by atomic mass is 9.74. The van der Waals surface area contributed by atoms with Crippen molar-refractivity contribution in [2.24, 2.45) is 0 Å². The molecule has 0 unspecified atom stereocenters. The van der Waals surface area contributed by atoms with Gasteiger partial charge in [0.2, 0.25) is 0 Å². The van der Waals surface area contributed by atoms with Gasteiger partial charge in [0, 0.05) is 12.2 Å². The summed E-state index contributed by atoms with van der Waals surface area (Å²) in [7, 11) is 0. The van der Waals surface area contributed by atoms with Crippen LogP contribution in [0.2, 0.25) is 0 Å². The van der Waals surface area contributed by atoms with Gasteiger partial charge in [0.15, 0.2) is 0 Å². The topological polar surface area (TPSA) is 23.5 Å². The number of anilines is 1. The molecule has 1 N–H and O–H groups in total. The van der Waals surface area contributed by atoms with Crippen LogP contribution in [0, 0.1) is 6.92 Å². The van der Waals surface area contributed by atoms with Crippen LogP contribution in [0.5, 0.6) is 0 Å². The van der Waals surface area contributed by atoms with E-state index in [-0.39, 0.29) is 0 Å². The zero-order valence-corrected chi connectivity index (χ0v) is 10.7. The van der Waals surface area contributed by atoms with Crippen molar-refractivity contribution < 1.29 is 5.11 Å². The van der Waals surface area contributed by atoms with Gasteiger partial charge in [0.05, 0.1) is 11.6 Å². The molecule has 3 rings (SSSR count). The zero-order valence-electron chi connectivity index (χ0n) is 10.7. The van der Waals surface area contributed by atoms with Crippen molar-refractivity contribution in [3.8, 4) is 0 Å². The fourth-order valence-electron chi connectivity index (χ4n) is 3.26. The van der Waals surface area contributed by atoms with Crippen LogP contribution in [0.4, 0.5) is 5.69 Å². The number of hydrogen-bond donors (Lipinski definition) is 1. The summed E-state index contributed by atoms with van der Waals surface area (Å²) in [5, 5.41) is 10.3. The number of aliphatic hydroxyl groups is 1. The van der Waals surface area contributed by atoms with Gasteiger partial charge in [-0.05, 0) is 51.2 Å². The van der Waals surface area contributed by atoms with Crippen molar-refractivity contribution in [3.63, 3.8) is 0 Å². The summed E-state index contributed by atoms with van der Waals surface area (Å²) in [6, 6.07) is 7.04. The second-order valence-electron chi connectivity index (χ2n) is 5.84. The first-order valence-corrected chi connectivity index (χ1v) is 6.66. The average molecular weight is 231 g/mol. The first-order chi connectivity index (χ1) is 8.08. The van der Waals surface area contributed by atoms with Gasteiger partial charge in [-0.15, -0.1) is 0 Å². The van der Waals surface area contributed by atoms with Crippen LogP contribution in [0.1, 0.15) is 37.3 Å². The van der Waals surface area contributed by atoms with E-state index in [1.54, 1.807) is 0 Å². The van der Waals surface area contributed by atoms with E-state index in [1.807, 2.05) is 6.92 Å². The molecule has 1 aromatic carbocycles. The summed E-state index contributed by atoms with van der Waals surface area (Å²) < 4.78 is 0. The number of hydrogen-bond acceptors (Lipinski definition) is 2. The molecule has 2 atom stereocenters. The molecule has 2 heteroatoms. The van der Waals surface area contributed by atoms with Gasteiger partial charge < -0.3 is 10.0 Å². The molecule has 1 aliphatic heterocycles. The fourth-order valence-corrected chi connectivity index (χ4v) is 3.26. The van der Waals surface area contributed by atoms with Gasteiger partial charge in [-0.2, -0.15) is 0 Å². The minimum absolute atomic E-state index is 0.323. The van der Waals surface area contributed by atoms with Gasteiger partial charge in [-0.1, -0.05) is 17.7 Å². The minimum atomic E-state index is -0.487. The zero-order chi connectivity index (χ0) is 12.0. The first kappa shape index (κ1) is 11.1. The molecule has 0 bridgehead atoms. The van der Waals surface area contributed by atoms with Gasteiger partial charge in [0.25, 0.3) is 0 Å². The highest BCUT2D eigenvalue weighted by Gasteiger charge is 2.45. The molecule has 1 aliphatic carbocycles. The van der Waals surface area contributed by atoms with Crippen molar-refractivity contribution in [3.05, 3.63) is 29.3 Å². The number of benzene rings is 1. The van der Waals surface area contributed by atoms with Crippen LogP contribution in [0.3, 0.4) is 0 Å². The minimum Gasteiger partial charge on any atom is -0.388 e. The second kappa shape index (κ2) is 3.74. The van der Waals surface area contributed by atoms with E-state index in [0.717, 1.165) is 19.4 Å². The molecule has 0 radical (unpaired) electrons. The summed E-state index contributed by atoms with van der Waals surface area (Å²) >= 11 is 0. The third kappa shape index (κ3) is 1.75. The molecule has 0 saturated heterocycles. The van der Waals surface area contributed by atoms with E-state index in [0.29, 0.717) is 6.04 Å². The molecule has 1 heterocycles. The van der Waals surface area contributed by atoms with Crippen molar-refractivity contribution in [2.45, 2.75) is 51.2 Å². The van der Waals surface area contributed by atoms with Crippen molar-refractivity contribution in [1.29, 1.82) is 0 Å². The third-order valence-corrected chi connectivity index (χ3v) is 4.41. The summed E-state index contributed by atoms with van der Waals surface area (Å²) in [5.41, 5.74) is 3.66. The van der Waals surface area contributed by atoms with Crippen molar-refractivity contribution in [2.75, 3.05) is 11.4 Å². The monoisotopic (exact) mass is 231 g/mol. The molecular formula is C15H21NO. The number of aryl methyl sites for hydroxylation is 2. The molecule has 0 aromatic heterocycles. The molecule has 0 amide bonds. The van der Waals surface area contributed by atoms with Gasteiger partial charge in [-0.3, -0.25) is 0 Å². The highest BCUT2D eigenvalue weighted by molar-refractivity contribution is 5.58. The normalized spacial score (nSPS) is 31.9. The van der Waals surface area contributed by atoms with Gasteiger partial charge in [-0.25, -0.2) is 0 Å². The van der Waals surface area contributed by atoms with Crippen molar-refractivity contribution >= 4 is 5.69 Å². The molecule has 1 aromatic rings. The smallest absolute Gasteiger partial charge is 0.0822 e. The van der Waals surface area contributed by atoms with E-state index in [1.165, 1.54) is 29.7 Å². The molecule has 92 valence electrons. The molecule has 0 spiro atoms. The first-order valence-electron chi connectivity index (χ1n) is 6.66. The Morgan fingerprint density at radius 3 is 2.88 bits per heavy atom. The lowest BCUT2D eigenvalue weighted by Crippen LogP contribution is -2.59. The highest BCUT2D eigenvalue weighted by Crippen LogP contribution is 2.41. The van der Waals surface area contributed by atoms with E-state index >= 15 is 0 Å². The van der Waals surface area contributed by atoms with Crippen LogP contribution in [-0.4, -0.2) is 23.3 Å². The maximum absolute atomic E-state index is 10.3. The maximum atomic E-state index is 10.3. The SMILES string of the molecule is Cc1ccc2c(c1)CCCN2[C@H]1CC[C@]1(C)O. The Kier molecular flexibility index (Phi) is 2.44. The molecule has 2 aliphatic rings. The summed E-state index contributed by atoms with van der Waals surface area (Å²) in [6.07, 6.45) is 4.46. The number of rotatable bonds is 1.